The van der Waals surface area contributed by atoms with E-state index in [1.54, 1.807) is 40.3 Å². The van der Waals surface area contributed by atoms with Crippen LogP contribution in [-0.2, 0) is 28.2 Å². The zero-order chi connectivity index (χ0) is 26.9. The lowest BCUT2D eigenvalue weighted by Gasteiger charge is -2.22. The highest BCUT2D eigenvalue weighted by atomic mass is 79.9. The summed E-state index contributed by atoms with van der Waals surface area (Å²) in [4.78, 5) is 34.6. The molecule has 0 saturated carbocycles. The van der Waals surface area contributed by atoms with Crippen molar-refractivity contribution in [1.82, 2.24) is 18.3 Å². The fraction of sp³-hybridized carbons (Fsp3) is 0.167. The maximum atomic E-state index is 12.7. The Balaban J connectivity index is 1.54. The number of ether oxygens (including phenoxy) is 2. The summed E-state index contributed by atoms with van der Waals surface area (Å²) in [6.07, 6.45) is 0. The molecule has 2 aliphatic rings. The number of benzene rings is 3. The third-order valence-electron chi connectivity index (χ3n) is 6.98. The average Bonchev–Trinajstić information content (AvgIpc) is 3.26. The van der Waals surface area contributed by atoms with Gasteiger partial charge in [-0.25, -0.2) is 19.6 Å². The van der Waals surface area contributed by atoms with Crippen molar-refractivity contribution in [3.63, 3.8) is 0 Å². The van der Waals surface area contributed by atoms with Crippen LogP contribution in [0.4, 0.5) is 11.4 Å². The first kappa shape index (κ1) is 24.0. The molecule has 14 heteroatoms. The Morgan fingerprint density at radius 2 is 1.24 bits per heavy atom. The zero-order valence-electron chi connectivity index (χ0n) is 20.0. The maximum Gasteiger partial charge on any atom is 0.328 e. The first-order valence-electron chi connectivity index (χ1n) is 11.1. The van der Waals surface area contributed by atoms with Gasteiger partial charge in [-0.05, 0) is 37.9 Å². The van der Waals surface area contributed by atoms with Gasteiger partial charge in [-0.3, -0.25) is 18.3 Å². The highest BCUT2D eigenvalue weighted by Gasteiger charge is 2.32. The smallest absolute Gasteiger partial charge is 0.328 e. The monoisotopic (exact) mass is 678 g/mol. The van der Waals surface area contributed by atoms with Crippen LogP contribution in [0.3, 0.4) is 0 Å². The Bertz CT molecular complexity index is 2230. The van der Waals surface area contributed by atoms with E-state index >= 15 is 0 Å². The first-order chi connectivity index (χ1) is 18.0. The van der Waals surface area contributed by atoms with Crippen molar-refractivity contribution in [2.24, 2.45) is 38.2 Å². The second-order valence-corrected chi connectivity index (χ2v) is 11.4. The molecule has 5 aromatic rings. The van der Waals surface area contributed by atoms with Crippen LogP contribution in [0.25, 0.3) is 22.1 Å². The molecule has 38 heavy (non-hydrogen) atoms. The first-order valence-corrected chi connectivity index (χ1v) is 13.4. The topological polar surface area (TPSA) is 97.0 Å². The van der Waals surface area contributed by atoms with Crippen molar-refractivity contribution in [2.75, 3.05) is 0 Å². The van der Waals surface area contributed by atoms with Crippen LogP contribution in [0, 0.1) is 0 Å². The lowest BCUT2D eigenvalue weighted by molar-refractivity contribution is 0.450. The van der Waals surface area contributed by atoms with Crippen LogP contribution < -0.4 is 31.6 Å². The Labute approximate surface area is 239 Å². The minimum atomic E-state index is -0.206. The lowest BCUT2D eigenvalue weighted by Crippen LogP contribution is -2.22. The fourth-order valence-corrected chi connectivity index (χ4v) is 6.95. The SMILES string of the molecule is Cn1c(=O)n(C)c2cc3c(cc21)N=c1c(Cl)c2c(c(Cl)c1O3)=Nc1c(c(Br)c3c(c1Br)n(C)c(=O)n3C)O2. The molecule has 0 radical (unpaired) electrons. The van der Waals surface area contributed by atoms with Crippen LogP contribution in [0.2, 0.25) is 10.0 Å². The minimum absolute atomic E-state index is 0.159. The zero-order valence-corrected chi connectivity index (χ0v) is 24.7. The number of aryl methyl sites for hydroxylation is 4. The highest BCUT2D eigenvalue weighted by Crippen LogP contribution is 2.51. The largest absolute Gasteiger partial charge is 0.451 e. The van der Waals surface area contributed by atoms with E-state index in [4.69, 9.17) is 42.7 Å². The molecule has 4 heterocycles. The quantitative estimate of drug-likeness (QED) is 0.225. The summed E-state index contributed by atoms with van der Waals surface area (Å²) in [7, 11) is 6.74. The summed E-state index contributed by atoms with van der Waals surface area (Å²) in [5.41, 5.74) is 3.19. The third-order valence-corrected chi connectivity index (χ3v) is 9.16. The number of hydrogen-bond acceptors (Lipinski definition) is 6. The summed E-state index contributed by atoms with van der Waals surface area (Å²) >= 11 is 20.9. The molecule has 2 aliphatic heterocycles. The lowest BCUT2D eigenvalue weighted by atomic mass is 10.2. The Kier molecular flexibility index (Phi) is 4.90. The van der Waals surface area contributed by atoms with Crippen LogP contribution in [0.15, 0.2) is 40.7 Å². The van der Waals surface area contributed by atoms with Crippen molar-refractivity contribution < 1.29 is 9.47 Å². The van der Waals surface area contributed by atoms with Gasteiger partial charge >= 0.3 is 11.4 Å². The molecule has 192 valence electrons. The van der Waals surface area contributed by atoms with Gasteiger partial charge in [0.1, 0.15) is 32.1 Å². The molecule has 0 bridgehead atoms. The summed E-state index contributed by atoms with van der Waals surface area (Å²) < 4.78 is 19.7. The third kappa shape index (κ3) is 2.83. The standard InChI is InChI=1S/C24H14Br2Cl2N6O4/c1-31-8-5-7-10(6-9(8)32(2)23(31)35)37-21-14(28)17-22(13(27)16(21)29-7)38-20-12(26)19-18(11(25)15(20)30-17)33(3)24(36)34(19)4/h5-6H,1-4H3. The molecule has 0 unspecified atom stereocenters. The van der Waals surface area contributed by atoms with E-state index in [2.05, 4.69) is 31.9 Å². The maximum absolute atomic E-state index is 12.7. The van der Waals surface area contributed by atoms with E-state index in [1.165, 1.54) is 18.3 Å². The summed E-state index contributed by atoms with van der Waals surface area (Å²) in [5, 5.41) is 0.867. The number of halogens is 4. The number of imidazole rings is 2. The van der Waals surface area contributed by atoms with Crippen molar-refractivity contribution >= 4 is 88.5 Å². The second kappa shape index (κ2) is 7.75. The van der Waals surface area contributed by atoms with E-state index in [-0.39, 0.29) is 43.6 Å². The van der Waals surface area contributed by atoms with E-state index in [0.29, 0.717) is 53.9 Å². The number of nitrogens with zero attached hydrogens (tertiary/aromatic N) is 6. The molecular weight excluding hydrogens is 667 g/mol. The predicted octanol–water partition coefficient (Wildman–Crippen LogP) is 5.01. The van der Waals surface area contributed by atoms with Crippen LogP contribution >= 0.6 is 55.1 Å². The van der Waals surface area contributed by atoms with Crippen molar-refractivity contribution in [3.05, 3.63) is 62.8 Å². The molecule has 0 saturated heterocycles. The molecule has 0 spiro atoms. The van der Waals surface area contributed by atoms with E-state index in [0.717, 1.165) is 0 Å². The summed E-state index contributed by atoms with van der Waals surface area (Å²) in [5.74, 6) is 1.22. The summed E-state index contributed by atoms with van der Waals surface area (Å²) in [6, 6.07) is 3.51. The molecule has 3 aromatic carbocycles. The van der Waals surface area contributed by atoms with Gasteiger partial charge in [-0.15, -0.1) is 0 Å². The number of fused-ring (bicyclic) bond motifs is 6. The molecule has 0 amide bonds. The van der Waals surface area contributed by atoms with Crippen LogP contribution in [-0.4, -0.2) is 18.3 Å². The van der Waals surface area contributed by atoms with E-state index < -0.39 is 0 Å². The van der Waals surface area contributed by atoms with E-state index in [9.17, 15) is 9.59 Å². The minimum Gasteiger partial charge on any atom is -0.451 e. The average molecular weight is 681 g/mol. The Morgan fingerprint density at radius 3 is 1.89 bits per heavy atom. The van der Waals surface area contributed by atoms with Gasteiger partial charge in [0.15, 0.2) is 23.0 Å². The van der Waals surface area contributed by atoms with Crippen molar-refractivity contribution in [1.29, 1.82) is 0 Å². The van der Waals surface area contributed by atoms with Gasteiger partial charge in [0.05, 0.1) is 31.0 Å². The molecule has 0 fully saturated rings. The summed E-state index contributed by atoms with van der Waals surface area (Å²) in [6.45, 7) is 0. The Morgan fingerprint density at radius 1 is 0.711 bits per heavy atom. The molecule has 0 N–H and O–H groups in total. The van der Waals surface area contributed by atoms with Gasteiger partial charge in [0, 0.05) is 34.3 Å². The van der Waals surface area contributed by atoms with Gasteiger partial charge in [-0.1, -0.05) is 23.2 Å². The Hall–Kier alpha value is -3.06. The number of hydrogen-bond donors (Lipinski definition) is 0. The molecule has 2 aromatic heterocycles. The number of aromatic nitrogens is 4. The second-order valence-electron chi connectivity index (χ2n) is 9.02. The molecular formula is C24H14Br2Cl2N6O4. The fourth-order valence-electron chi connectivity index (χ4n) is 4.99. The van der Waals surface area contributed by atoms with Gasteiger partial charge < -0.3 is 9.47 Å². The van der Waals surface area contributed by atoms with Gasteiger partial charge in [-0.2, -0.15) is 0 Å². The predicted molar refractivity (Wildman–Crippen MR) is 150 cm³/mol. The highest BCUT2D eigenvalue weighted by molar-refractivity contribution is 9.11. The molecule has 0 aliphatic carbocycles. The normalized spacial score (nSPS) is 13.3. The van der Waals surface area contributed by atoms with Gasteiger partial charge in [0.25, 0.3) is 0 Å². The molecule has 10 nitrogen and oxygen atoms in total. The molecule has 0 atom stereocenters. The van der Waals surface area contributed by atoms with Crippen molar-refractivity contribution in [3.8, 4) is 23.0 Å². The molecule has 7 rings (SSSR count). The number of rotatable bonds is 0. The van der Waals surface area contributed by atoms with Crippen molar-refractivity contribution in [2.45, 2.75) is 0 Å². The van der Waals surface area contributed by atoms with Crippen LogP contribution in [0.1, 0.15) is 0 Å². The van der Waals surface area contributed by atoms with E-state index in [1.807, 2.05) is 0 Å². The van der Waals surface area contributed by atoms with Crippen LogP contribution in [0.5, 0.6) is 23.0 Å². The van der Waals surface area contributed by atoms with Gasteiger partial charge in [0.2, 0.25) is 0 Å².